The van der Waals surface area contributed by atoms with Crippen LogP contribution in [0.5, 0.6) is 0 Å². The monoisotopic (exact) mass is 230 g/mol. The van der Waals surface area contributed by atoms with Gasteiger partial charge < -0.3 is 9.73 Å². The lowest BCUT2D eigenvalue weighted by Crippen LogP contribution is -2.11. The summed E-state index contributed by atoms with van der Waals surface area (Å²) in [6.07, 6.45) is 2.67. The highest BCUT2D eigenvalue weighted by Crippen LogP contribution is 2.15. The largest absolute Gasteiger partial charge is 0.472 e. The number of hydrogen-bond acceptors (Lipinski definition) is 3. The molecule has 1 aromatic carbocycles. The van der Waals surface area contributed by atoms with Crippen molar-refractivity contribution in [1.29, 1.82) is 5.26 Å². The number of halogens is 1. The zero-order valence-electron chi connectivity index (χ0n) is 8.61. The maximum absolute atomic E-state index is 13.0. The molecule has 0 aliphatic heterocycles. The maximum Gasteiger partial charge on any atom is 0.258 e. The lowest BCUT2D eigenvalue weighted by atomic mass is 10.2. The first kappa shape index (κ1) is 10.9. The fraction of sp³-hybridized carbons (Fsp3) is 0. The molecule has 84 valence electrons. The van der Waals surface area contributed by atoms with Gasteiger partial charge in [0.1, 0.15) is 18.1 Å². The third-order valence-electron chi connectivity index (χ3n) is 2.13. The molecular formula is C12H7FN2O2. The Balaban J connectivity index is 2.20. The van der Waals surface area contributed by atoms with Crippen molar-refractivity contribution in [3.05, 3.63) is 53.7 Å². The summed E-state index contributed by atoms with van der Waals surface area (Å²) >= 11 is 0. The lowest BCUT2D eigenvalue weighted by molar-refractivity contribution is 0.102. The summed E-state index contributed by atoms with van der Waals surface area (Å²) in [5.74, 6) is -0.997. The van der Waals surface area contributed by atoms with E-state index in [4.69, 9.17) is 9.68 Å². The molecule has 0 radical (unpaired) electrons. The van der Waals surface area contributed by atoms with Gasteiger partial charge >= 0.3 is 0 Å². The van der Waals surface area contributed by atoms with E-state index < -0.39 is 5.82 Å². The molecule has 4 nitrogen and oxygen atoms in total. The van der Waals surface area contributed by atoms with Gasteiger partial charge in [0.05, 0.1) is 17.4 Å². The van der Waals surface area contributed by atoms with Crippen molar-refractivity contribution >= 4 is 11.6 Å². The van der Waals surface area contributed by atoms with Crippen LogP contribution in [0.3, 0.4) is 0 Å². The third kappa shape index (κ3) is 2.32. The van der Waals surface area contributed by atoms with Crippen molar-refractivity contribution in [1.82, 2.24) is 0 Å². The molecule has 0 saturated heterocycles. The third-order valence-corrected chi connectivity index (χ3v) is 2.13. The first-order valence-corrected chi connectivity index (χ1v) is 4.74. The van der Waals surface area contributed by atoms with Gasteiger partial charge in [-0.1, -0.05) is 0 Å². The Labute approximate surface area is 96.3 Å². The molecule has 1 N–H and O–H groups in total. The molecule has 0 spiro atoms. The number of anilines is 1. The van der Waals surface area contributed by atoms with E-state index in [2.05, 4.69) is 5.32 Å². The first-order chi connectivity index (χ1) is 8.20. The van der Waals surface area contributed by atoms with Crippen LogP contribution in [0, 0.1) is 17.1 Å². The number of hydrogen-bond donors (Lipinski definition) is 1. The molecule has 5 heteroatoms. The van der Waals surface area contributed by atoms with Gasteiger partial charge in [-0.3, -0.25) is 4.79 Å². The van der Waals surface area contributed by atoms with E-state index in [9.17, 15) is 9.18 Å². The molecular weight excluding hydrogens is 223 g/mol. The van der Waals surface area contributed by atoms with Gasteiger partial charge in [-0.2, -0.15) is 5.26 Å². The molecule has 0 fully saturated rings. The number of nitriles is 1. The fourth-order valence-corrected chi connectivity index (χ4v) is 1.29. The topological polar surface area (TPSA) is 66.0 Å². The highest BCUT2D eigenvalue weighted by atomic mass is 19.1. The quantitative estimate of drug-likeness (QED) is 0.862. The van der Waals surface area contributed by atoms with Gasteiger partial charge in [0.2, 0.25) is 0 Å². The van der Waals surface area contributed by atoms with E-state index in [0.717, 1.165) is 6.07 Å². The van der Waals surface area contributed by atoms with Gasteiger partial charge in [0, 0.05) is 5.69 Å². The number of benzene rings is 1. The molecule has 2 rings (SSSR count). The van der Waals surface area contributed by atoms with E-state index in [0.29, 0.717) is 11.3 Å². The molecule has 0 aliphatic rings. The van der Waals surface area contributed by atoms with Crippen LogP contribution in [-0.2, 0) is 0 Å². The fourth-order valence-electron chi connectivity index (χ4n) is 1.29. The first-order valence-electron chi connectivity index (χ1n) is 4.74. The van der Waals surface area contributed by atoms with Crippen molar-refractivity contribution in [3.8, 4) is 6.07 Å². The molecule has 0 saturated carbocycles. The van der Waals surface area contributed by atoms with E-state index in [1.165, 1.54) is 30.7 Å². The van der Waals surface area contributed by atoms with Crippen LogP contribution in [0.15, 0.2) is 41.2 Å². The van der Waals surface area contributed by atoms with Crippen molar-refractivity contribution in [2.75, 3.05) is 5.32 Å². The predicted octanol–water partition coefficient (Wildman–Crippen LogP) is 2.54. The summed E-state index contributed by atoms with van der Waals surface area (Å²) in [7, 11) is 0. The van der Waals surface area contributed by atoms with Crippen molar-refractivity contribution < 1.29 is 13.6 Å². The molecule has 1 amide bonds. The van der Waals surface area contributed by atoms with Gasteiger partial charge in [0.25, 0.3) is 5.91 Å². The van der Waals surface area contributed by atoms with Crippen LogP contribution in [0.2, 0.25) is 0 Å². The Bertz CT molecular complexity index is 585. The van der Waals surface area contributed by atoms with Gasteiger partial charge in [0.15, 0.2) is 0 Å². The highest BCUT2D eigenvalue weighted by Gasteiger charge is 2.09. The van der Waals surface area contributed by atoms with Crippen molar-refractivity contribution in [2.24, 2.45) is 0 Å². The Hall–Kier alpha value is -2.61. The predicted molar refractivity (Wildman–Crippen MR) is 57.8 cm³/mol. The Morgan fingerprint density at radius 3 is 2.88 bits per heavy atom. The molecule has 0 atom stereocenters. The number of nitrogens with zero attached hydrogens (tertiary/aromatic N) is 1. The van der Waals surface area contributed by atoms with Crippen LogP contribution in [-0.4, -0.2) is 5.91 Å². The average Bonchev–Trinajstić information content (AvgIpc) is 2.85. The summed E-state index contributed by atoms with van der Waals surface area (Å²) < 4.78 is 17.8. The summed E-state index contributed by atoms with van der Waals surface area (Å²) in [5, 5.41) is 11.2. The second-order valence-electron chi connectivity index (χ2n) is 3.27. The van der Waals surface area contributed by atoms with Crippen molar-refractivity contribution in [2.45, 2.75) is 0 Å². The highest BCUT2D eigenvalue weighted by molar-refractivity contribution is 6.04. The average molecular weight is 230 g/mol. The number of carbonyl (C=O) groups excluding carboxylic acids is 1. The SMILES string of the molecule is N#Cc1cc(NC(=O)c2ccoc2)ccc1F. The van der Waals surface area contributed by atoms with Crippen LogP contribution < -0.4 is 5.32 Å². The maximum atomic E-state index is 13.0. The molecule has 0 aliphatic carbocycles. The summed E-state index contributed by atoms with van der Waals surface area (Å²) in [5.41, 5.74) is 0.594. The minimum atomic E-state index is -0.617. The number of rotatable bonds is 2. The number of carbonyl (C=O) groups is 1. The van der Waals surface area contributed by atoms with Gasteiger partial charge in [-0.25, -0.2) is 4.39 Å². The van der Waals surface area contributed by atoms with E-state index >= 15 is 0 Å². The van der Waals surface area contributed by atoms with Crippen LogP contribution in [0.1, 0.15) is 15.9 Å². The van der Waals surface area contributed by atoms with Crippen LogP contribution in [0.4, 0.5) is 10.1 Å². The zero-order chi connectivity index (χ0) is 12.3. The number of amides is 1. The molecule has 17 heavy (non-hydrogen) atoms. The smallest absolute Gasteiger partial charge is 0.258 e. The van der Waals surface area contributed by atoms with Crippen molar-refractivity contribution in [3.63, 3.8) is 0 Å². The van der Waals surface area contributed by atoms with Crippen LogP contribution in [0.25, 0.3) is 0 Å². The normalized spacial score (nSPS) is 9.65. The summed E-state index contributed by atoms with van der Waals surface area (Å²) in [4.78, 5) is 11.6. The van der Waals surface area contributed by atoms with E-state index in [1.54, 1.807) is 6.07 Å². The Morgan fingerprint density at radius 1 is 1.41 bits per heavy atom. The minimum Gasteiger partial charge on any atom is -0.472 e. The molecule has 2 aromatic rings. The second kappa shape index (κ2) is 4.49. The lowest BCUT2D eigenvalue weighted by Gasteiger charge is -2.03. The number of nitrogens with one attached hydrogen (secondary N) is 1. The second-order valence-corrected chi connectivity index (χ2v) is 3.27. The Morgan fingerprint density at radius 2 is 2.24 bits per heavy atom. The molecule has 0 unspecified atom stereocenters. The van der Waals surface area contributed by atoms with E-state index in [1.807, 2.05) is 0 Å². The van der Waals surface area contributed by atoms with Gasteiger partial charge in [-0.15, -0.1) is 0 Å². The molecule has 0 bridgehead atoms. The van der Waals surface area contributed by atoms with Gasteiger partial charge in [-0.05, 0) is 24.3 Å². The minimum absolute atomic E-state index is 0.116. The van der Waals surface area contributed by atoms with Crippen LogP contribution >= 0.6 is 0 Å². The number of furan rings is 1. The van der Waals surface area contributed by atoms with E-state index in [-0.39, 0.29) is 11.5 Å². The molecule has 1 heterocycles. The summed E-state index contributed by atoms with van der Waals surface area (Å²) in [6.45, 7) is 0. The molecule has 1 aromatic heterocycles. The standard InChI is InChI=1S/C12H7FN2O2/c13-11-2-1-10(5-9(11)6-14)15-12(16)8-3-4-17-7-8/h1-5,7H,(H,15,16). The Kier molecular flexibility index (Phi) is 2.88. The zero-order valence-corrected chi connectivity index (χ0v) is 8.61. The summed E-state index contributed by atoms with van der Waals surface area (Å²) in [6, 6.07) is 6.99.